The zero-order valence-corrected chi connectivity index (χ0v) is 41.3. The predicted octanol–water partition coefficient (Wildman–Crippen LogP) is 13.4. The topological polar surface area (TPSA) is 172 Å². The summed E-state index contributed by atoms with van der Waals surface area (Å²) >= 11 is 0. The first kappa shape index (κ1) is 48.1. The van der Waals surface area contributed by atoms with Crippen LogP contribution >= 0.6 is 0 Å². The van der Waals surface area contributed by atoms with E-state index in [4.69, 9.17) is 27.8 Å². The highest BCUT2D eigenvalue weighted by Gasteiger charge is 2.24. The zero-order valence-electron chi connectivity index (χ0n) is 41.3. The molecule has 12 nitrogen and oxygen atoms in total. The SMILES string of the molecule is COc1ccc(O)c(C(=O)c2cc(-c3cccc4ccccc34)c3oc4ccc(OC)cc4c(=O)c3c2)c1.COc1ccc(O)c(C(=O)c2cc(-c3cccc4ccccc34)c3oc4ccc(OC)cc4c(=O)c3c2)c1. The van der Waals surface area contributed by atoms with Crippen LogP contribution in [0.3, 0.4) is 0 Å². The number of hydrogen-bond donors (Lipinski definition) is 2. The van der Waals surface area contributed by atoms with Crippen molar-refractivity contribution < 1.29 is 47.6 Å². The van der Waals surface area contributed by atoms with E-state index in [1.54, 1.807) is 60.7 Å². The number of fused-ring (bicyclic) bond motifs is 6. The van der Waals surface area contributed by atoms with Crippen LogP contribution < -0.4 is 29.8 Å². The third kappa shape index (κ3) is 8.52. The summed E-state index contributed by atoms with van der Waals surface area (Å²) in [5.74, 6) is 0.636. The van der Waals surface area contributed by atoms with Gasteiger partial charge in [0, 0.05) is 22.3 Å². The maximum atomic E-state index is 13.8. The molecule has 0 aliphatic carbocycles. The Morgan fingerprint density at radius 3 is 1.14 bits per heavy atom. The van der Waals surface area contributed by atoms with Gasteiger partial charge in [-0.2, -0.15) is 0 Å². The van der Waals surface area contributed by atoms with Gasteiger partial charge in [-0.3, -0.25) is 19.2 Å². The highest BCUT2D eigenvalue weighted by atomic mass is 16.5. The van der Waals surface area contributed by atoms with Gasteiger partial charge in [0.25, 0.3) is 0 Å². The summed E-state index contributed by atoms with van der Waals surface area (Å²) in [4.78, 5) is 55.0. The molecule has 0 aliphatic rings. The Labute approximate surface area is 432 Å². The van der Waals surface area contributed by atoms with E-state index in [-0.39, 0.29) is 55.4 Å². The summed E-state index contributed by atoms with van der Waals surface area (Å²) in [6.07, 6.45) is 0. The first-order valence-corrected chi connectivity index (χ1v) is 23.9. The number of aromatic hydroxyl groups is 2. The number of rotatable bonds is 10. The number of phenols is 2. The van der Waals surface area contributed by atoms with Crippen LogP contribution in [0.4, 0.5) is 0 Å². The van der Waals surface area contributed by atoms with Crippen molar-refractivity contribution in [1.29, 1.82) is 0 Å². The molecular weight excluding hydrogens is 961 g/mol. The van der Waals surface area contributed by atoms with Crippen LogP contribution in [-0.4, -0.2) is 50.2 Å². The van der Waals surface area contributed by atoms with E-state index in [1.165, 1.54) is 64.8 Å². The molecule has 0 bridgehead atoms. The Morgan fingerprint density at radius 2 is 0.737 bits per heavy atom. The number of methoxy groups -OCH3 is 4. The summed E-state index contributed by atoms with van der Waals surface area (Å²) in [6.45, 7) is 0. The molecule has 12 rings (SSSR count). The van der Waals surface area contributed by atoms with E-state index in [9.17, 15) is 29.4 Å². The standard InChI is InChI=1S/2C32H22O6/c2*1-36-20-10-12-28(33)25(16-20)30(34)19-14-24(23-9-5-7-18-6-3-4-8-22(18)23)32-27(15-19)31(35)26-17-21(37-2)11-13-29(26)38-32/h2*3-17,33H,1-2H3. The third-order valence-electron chi connectivity index (χ3n) is 13.5. The molecule has 2 N–H and O–H groups in total. The lowest BCUT2D eigenvalue weighted by Crippen LogP contribution is -2.08. The van der Waals surface area contributed by atoms with Crippen molar-refractivity contribution in [2.75, 3.05) is 28.4 Å². The molecule has 0 aliphatic heterocycles. The number of benzene rings is 10. The summed E-state index contributed by atoms with van der Waals surface area (Å²) in [6, 6.07) is 53.0. The van der Waals surface area contributed by atoms with Gasteiger partial charge >= 0.3 is 0 Å². The minimum absolute atomic E-state index is 0.0689. The lowest BCUT2D eigenvalue weighted by atomic mass is 9.92. The smallest absolute Gasteiger partial charge is 0.200 e. The van der Waals surface area contributed by atoms with E-state index >= 15 is 0 Å². The molecule has 12 heteroatoms. The minimum Gasteiger partial charge on any atom is -0.507 e. The molecule has 2 aromatic heterocycles. The normalized spacial score (nSPS) is 11.2. The van der Waals surface area contributed by atoms with Gasteiger partial charge in [0.15, 0.2) is 11.6 Å². The van der Waals surface area contributed by atoms with E-state index in [0.717, 1.165) is 32.7 Å². The largest absolute Gasteiger partial charge is 0.507 e. The van der Waals surface area contributed by atoms with Crippen LogP contribution in [0.2, 0.25) is 0 Å². The van der Waals surface area contributed by atoms with Crippen molar-refractivity contribution in [1.82, 2.24) is 0 Å². The Bertz CT molecular complexity index is 4180. The number of carbonyl (C=O) groups excluding carboxylic acids is 2. The molecule has 372 valence electrons. The second kappa shape index (κ2) is 19.7. The van der Waals surface area contributed by atoms with Crippen molar-refractivity contribution in [3.05, 3.63) is 225 Å². The minimum atomic E-state index is -0.449. The second-order valence-electron chi connectivity index (χ2n) is 17.9. The first-order chi connectivity index (χ1) is 37.0. The summed E-state index contributed by atoms with van der Waals surface area (Å²) < 4.78 is 33.8. The molecular formula is C64H44O12. The van der Waals surface area contributed by atoms with Gasteiger partial charge < -0.3 is 38.0 Å². The van der Waals surface area contributed by atoms with E-state index in [2.05, 4.69) is 0 Å². The first-order valence-electron chi connectivity index (χ1n) is 23.9. The molecule has 0 spiro atoms. The van der Waals surface area contributed by atoms with Gasteiger partial charge in [-0.1, -0.05) is 84.9 Å². The lowest BCUT2D eigenvalue weighted by Gasteiger charge is -2.13. The molecule has 2 heterocycles. The van der Waals surface area contributed by atoms with Gasteiger partial charge in [-0.15, -0.1) is 0 Å². The molecule has 0 fully saturated rings. The van der Waals surface area contributed by atoms with Crippen LogP contribution in [-0.2, 0) is 0 Å². The van der Waals surface area contributed by atoms with Gasteiger partial charge in [0.05, 0.1) is 61.1 Å². The second-order valence-corrected chi connectivity index (χ2v) is 17.9. The van der Waals surface area contributed by atoms with Gasteiger partial charge in [-0.25, -0.2) is 0 Å². The Morgan fingerprint density at radius 1 is 0.368 bits per heavy atom. The van der Waals surface area contributed by atoms with Crippen LogP contribution in [0.1, 0.15) is 31.8 Å². The fraction of sp³-hybridized carbons (Fsp3) is 0.0625. The van der Waals surface area contributed by atoms with Gasteiger partial charge in [0.2, 0.25) is 10.9 Å². The Balaban J connectivity index is 0.000000162. The molecule has 0 radical (unpaired) electrons. The summed E-state index contributed by atoms with van der Waals surface area (Å²) in [5, 5.41) is 26.1. The van der Waals surface area contributed by atoms with Crippen LogP contribution in [0, 0.1) is 0 Å². The molecule has 0 atom stereocenters. The van der Waals surface area contributed by atoms with Crippen LogP contribution in [0.15, 0.2) is 200 Å². The Hall–Kier alpha value is -10.2. The third-order valence-corrected chi connectivity index (χ3v) is 13.5. The molecule has 0 saturated heterocycles. The highest BCUT2D eigenvalue weighted by Crippen LogP contribution is 2.40. The van der Waals surface area contributed by atoms with Gasteiger partial charge in [0.1, 0.15) is 56.8 Å². The van der Waals surface area contributed by atoms with Crippen molar-refractivity contribution in [3.8, 4) is 56.8 Å². The van der Waals surface area contributed by atoms with Crippen LogP contribution in [0.25, 0.3) is 87.7 Å². The van der Waals surface area contributed by atoms with Crippen LogP contribution in [0.5, 0.6) is 34.5 Å². The number of ether oxygens (including phenoxy) is 4. The summed E-state index contributed by atoms with van der Waals surface area (Å²) in [5.41, 5.74) is 4.42. The quantitative estimate of drug-likeness (QED) is 0.0982. The molecule has 10 aromatic carbocycles. The molecule has 0 amide bonds. The van der Waals surface area contributed by atoms with E-state index < -0.39 is 11.6 Å². The predicted molar refractivity (Wildman–Crippen MR) is 295 cm³/mol. The van der Waals surface area contributed by atoms with Crippen molar-refractivity contribution in [3.63, 3.8) is 0 Å². The van der Waals surface area contributed by atoms with Gasteiger partial charge in [-0.05, 0) is 130 Å². The van der Waals surface area contributed by atoms with Crippen molar-refractivity contribution in [2.45, 2.75) is 0 Å². The average molecular weight is 1010 g/mol. The van der Waals surface area contributed by atoms with Crippen molar-refractivity contribution >= 4 is 77.0 Å². The fourth-order valence-corrected chi connectivity index (χ4v) is 9.67. The molecule has 76 heavy (non-hydrogen) atoms. The van der Waals surface area contributed by atoms with E-state index in [1.807, 2.05) is 84.9 Å². The van der Waals surface area contributed by atoms with E-state index in [0.29, 0.717) is 67.2 Å². The maximum absolute atomic E-state index is 13.8. The lowest BCUT2D eigenvalue weighted by molar-refractivity contribution is 0.102. The zero-order chi connectivity index (χ0) is 52.8. The highest BCUT2D eigenvalue weighted by molar-refractivity contribution is 6.17. The fourth-order valence-electron chi connectivity index (χ4n) is 9.67. The summed E-state index contributed by atoms with van der Waals surface area (Å²) in [7, 11) is 6.03. The molecule has 12 aromatic rings. The number of ketones is 2. The average Bonchev–Trinajstić information content (AvgIpc) is 3.58. The van der Waals surface area contributed by atoms with Crippen molar-refractivity contribution in [2.24, 2.45) is 0 Å². The molecule has 0 unspecified atom stereocenters. The number of hydrogen-bond acceptors (Lipinski definition) is 12. The Kier molecular flexibility index (Phi) is 12.4. The number of phenolic OH excluding ortho intramolecular Hbond substituents is 2. The monoisotopic (exact) mass is 1000 g/mol. The molecule has 0 saturated carbocycles. The maximum Gasteiger partial charge on any atom is 0.200 e. The number of carbonyl (C=O) groups is 2.